The van der Waals surface area contributed by atoms with Crippen molar-refractivity contribution in [3.8, 4) is 0 Å². The van der Waals surface area contributed by atoms with Crippen molar-refractivity contribution in [2.45, 2.75) is 25.9 Å². The molecule has 1 unspecified atom stereocenters. The van der Waals surface area contributed by atoms with Crippen molar-refractivity contribution >= 4 is 11.8 Å². The van der Waals surface area contributed by atoms with Crippen LogP contribution in [0.3, 0.4) is 0 Å². The van der Waals surface area contributed by atoms with E-state index in [2.05, 4.69) is 4.90 Å². The molecule has 3 rings (SSSR count). The Hall–Kier alpha value is -2.60. The van der Waals surface area contributed by atoms with Gasteiger partial charge in [-0.05, 0) is 37.1 Å². The summed E-state index contributed by atoms with van der Waals surface area (Å²) in [5.74, 6) is 0.944. The molecule has 1 aromatic carbocycles. The van der Waals surface area contributed by atoms with Crippen LogP contribution in [0.4, 0.5) is 0 Å². The number of carbonyl (C=O) groups excluding carboxylic acids is 2. The van der Waals surface area contributed by atoms with Crippen LogP contribution in [0.5, 0.6) is 0 Å². The lowest BCUT2D eigenvalue weighted by molar-refractivity contribution is -0.138. The Morgan fingerprint density at radius 2 is 1.89 bits per heavy atom. The molecule has 2 aromatic rings. The monoisotopic (exact) mass is 383 g/mol. The first kappa shape index (κ1) is 20.1. The molecule has 0 aliphatic carbocycles. The Labute approximate surface area is 166 Å². The van der Waals surface area contributed by atoms with Crippen LogP contribution in [0.2, 0.25) is 0 Å². The third-order valence-corrected chi connectivity index (χ3v) is 5.15. The molecule has 2 heterocycles. The minimum Gasteiger partial charge on any atom is -0.467 e. The van der Waals surface area contributed by atoms with Gasteiger partial charge < -0.3 is 14.2 Å². The molecule has 150 valence electrons. The van der Waals surface area contributed by atoms with Crippen LogP contribution in [-0.2, 0) is 22.7 Å². The smallest absolute Gasteiger partial charge is 0.237 e. The quantitative estimate of drug-likeness (QED) is 0.738. The summed E-state index contributed by atoms with van der Waals surface area (Å²) in [6.45, 7) is 2.79. The number of carbonyl (C=O) groups is 2. The number of amides is 2. The highest BCUT2D eigenvalue weighted by atomic mass is 16.3. The van der Waals surface area contributed by atoms with E-state index < -0.39 is 0 Å². The normalized spacial score (nSPS) is 17.3. The maximum absolute atomic E-state index is 13.1. The molecule has 2 amide bonds. The van der Waals surface area contributed by atoms with Gasteiger partial charge in [0.2, 0.25) is 11.8 Å². The van der Waals surface area contributed by atoms with E-state index in [0.717, 1.165) is 30.7 Å². The van der Waals surface area contributed by atoms with E-state index >= 15 is 0 Å². The highest BCUT2D eigenvalue weighted by molar-refractivity contribution is 5.80. The van der Waals surface area contributed by atoms with Gasteiger partial charge in [-0.1, -0.05) is 30.3 Å². The van der Waals surface area contributed by atoms with Crippen molar-refractivity contribution < 1.29 is 14.0 Å². The van der Waals surface area contributed by atoms with Crippen molar-refractivity contribution in [3.63, 3.8) is 0 Å². The van der Waals surface area contributed by atoms with E-state index in [1.807, 2.05) is 47.4 Å². The molecule has 0 saturated carbocycles. The lowest BCUT2D eigenvalue weighted by Crippen LogP contribution is -2.47. The van der Waals surface area contributed by atoms with Crippen molar-refractivity contribution in [2.24, 2.45) is 5.92 Å². The van der Waals surface area contributed by atoms with Crippen LogP contribution in [0.25, 0.3) is 0 Å². The molecule has 0 bridgehead atoms. The summed E-state index contributed by atoms with van der Waals surface area (Å²) >= 11 is 0. The molecule has 1 aromatic heterocycles. The molecule has 1 aliphatic rings. The number of hydrogen-bond donors (Lipinski definition) is 0. The Morgan fingerprint density at radius 3 is 2.57 bits per heavy atom. The maximum atomic E-state index is 13.1. The van der Waals surface area contributed by atoms with E-state index in [1.165, 1.54) is 0 Å². The molecule has 1 saturated heterocycles. The molecule has 0 spiro atoms. The Kier molecular flexibility index (Phi) is 6.87. The fourth-order valence-electron chi connectivity index (χ4n) is 3.68. The van der Waals surface area contributed by atoms with E-state index in [4.69, 9.17) is 4.42 Å². The van der Waals surface area contributed by atoms with Crippen LogP contribution in [0.15, 0.2) is 53.1 Å². The molecule has 0 radical (unpaired) electrons. The average molecular weight is 383 g/mol. The molecular weight excluding hydrogens is 354 g/mol. The summed E-state index contributed by atoms with van der Waals surface area (Å²) < 4.78 is 5.46. The van der Waals surface area contributed by atoms with Gasteiger partial charge in [0.25, 0.3) is 0 Å². The molecule has 1 fully saturated rings. The first-order valence-electron chi connectivity index (χ1n) is 9.80. The minimum atomic E-state index is -0.0239. The summed E-state index contributed by atoms with van der Waals surface area (Å²) in [6, 6.07) is 13.7. The lowest BCUT2D eigenvalue weighted by Gasteiger charge is -2.34. The number of piperidine rings is 1. The molecule has 0 N–H and O–H groups in total. The zero-order chi connectivity index (χ0) is 19.9. The van der Waals surface area contributed by atoms with E-state index in [1.54, 1.807) is 25.3 Å². The van der Waals surface area contributed by atoms with Crippen LogP contribution >= 0.6 is 0 Å². The highest BCUT2D eigenvalue weighted by Crippen LogP contribution is 2.19. The SMILES string of the molecule is CN(C)C(=O)C1CCCN(CC(=O)N(Cc2ccccc2)Cc2ccco2)C1. The number of benzene rings is 1. The third-order valence-electron chi connectivity index (χ3n) is 5.15. The number of hydrogen-bond acceptors (Lipinski definition) is 4. The Balaban J connectivity index is 1.65. The predicted octanol–water partition coefficient (Wildman–Crippen LogP) is 2.61. The predicted molar refractivity (Wildman–Crippen MR) is 107 cm³/mol. The van der Waals surface area contributed by atoms with E-state index in [0.29, 0.717) is 26.2 Å². The molecular formula is C22H29N3O3. The number of rotatable bonds is 7. The van der Waals surface area contributed by atoms with Crippen LogP contribution in [0.1, 0.15) is 24.2 Å². The number of likely N-dealkylation sites (tertiary alicyclic amines) is 1. The zero-order valence-electron chi connectivity index (χ0n) is 16.7. The lowest BCUT2D eigenvalue weighted by atomic mass is 9.96. The first-order chi connectivity index (χ1) is 13.5. The maximum Gasteiger partial charge on any atom is 0.237 e. The zero-order valence-corrected chi connectivity index (χ0v) is 16.7. The molecule has 6 nitrogen and oxygen atoms in total. The van der Waals surface area contributed by atoms with Crippen molar-refractivity contribution in [1.29, 1.82) is 0 Å². The second-order valence-electron chi connectivity index (χ2n) is 7.62. The van der Waals surface area contributed by atoms with Crippen LogP contribution in [-0.4, -0.2) is 60.2 Å². The summed E-state index contributed by atoms with van der Waals surface area (Å²) in [7, 11) is 3.58. The summed E-state index contributed by atoms with van der Waals surface area (Å²) in [5.41, 5.74) is 1.08. The van der Waals surface area contributed by atoms with Gasteiger partial charge >= 0.3 is 0 Å². The average Bonchev–Trinajstić information content (AvgIpc) is 3.21. The van der Waals surface area contributed by atoms with E-state index in [-0.39, 0.29) is 17.7 Å². The topological polar surface area (TPSA) is 57.0 Å². The van der Waals surface area contributed by atoms with Crippen LogP contribution in [0, 0.1) is 5.92 Å². The Morgan fingerprint density at radius 1 is 1.11 bits per heavy atom. The van der Waals surface area contributed by atoms with Gasteiger partial charge in [-0.15, -0.1) is 0 Å². The minimum absolute atomic E-state index is 0.0239. The largest absolute Gasteiger partial charge is 0.467 e. The summed E-state index contributed by atoms with van der Waals surface area (Å²) in [6.07, 6.45) is 3.46. The van der Waals surface area contributed by atoms with Gasteiger partial charge in [0.1, 0.15) is 5.76 Å². The van der Waals surface area contributed by atoms with Crippen molar-refractivity contribution in [3.05, 3.63) is 60.1 Å². The molecule has 28 heavy (non-hydrogen) atoms. The van der Waals surface area contributed by atoms with Gasteiger partial charge in [0.15, 0.2) is 0 Å². The standard InChI is InChI=1S/C22H29N3O3/c1-23(2)22(27)19-10-6-12-24(15-19)17-21(26)25(16-20-11-7-13-28-20)14-18-8-4-3-5-9-18/h3-5,7-9,11,13,19H,6,10,12,14-17H2,1-2H3. The van der Waals surface area contributed by atoms with Crippen LogP contribution < -0.4 is 0 Å². The Bertz CT molecular complexity index is 759. The van der Waals surface area contributed by atoms with Gasteiger partial charge in [-0.25, -0.2) is 0 Å². The second-order valence-corrected chi connectivity index (χ2v) is 7.62. The second kappa shape index (κ2) is 9.55. The van der Waals surface area contributed by atoms with Gasteiger partial charge in [-0.2, -0.15) is 0 Å². The van der Waals surface area contributed by atoms with Crippen molar-refractivity contribution in [2.75, 3.05) is 33.7 Å². The molecule has 6 heteroatoms. The molecule has 1 atom stereocenters. The van der Waals surface area contributed by atoms with Gasteiger partial charge in [0, 0.05) is 27.2 Å². The third kappa shape index (κ3) is 5.45. The fourth-order valence-corrected chi connectivity index (χ4v) is 3.68. The summed E-state index contributed by atoms with van der Waals surface area (Å²) in [4.78, 5) is 31.0. The highest BCUT2D eigenvalue weighted by Gasteiger charge is 2.29. The molecule has 1 aliphatic heterocycles. The number of furan rings is 1. The number of nitrogens with zero attached hydrogens (tertiary/aromatic N) is 3. The van der Waals surface area contributed by atoms with Crippen molar-refractivity contribution in [1.82, 2.24) is 14.7 Å². The van der Waals surface area contributed by atoms with E-state index in [9.17, 15) is 9.59 Å². The fraction of sp³-hybridized carbons (Fsp3) is 0.455. The van der Waals surface area contributed by atoms with Gasteiger partial charge in [0.05, 0.1) is 25.3 Å². The first-order valence-corrected chi connectivity index (χ1v) is 9.80. The van der Waals surface area contributed by atoms with Gasteiger partial charge in [-0.3, -0.25) is 14.5 Å². The summed E-state index contributed by atoms with van der Waals surface area (Å²) in [5, 5.41) is 0.